The Bertz CT molecular complexity index is 759. The molecule has 110 valence electrons. The molecule has 0 unspecified atom stereocenters. The zero-order chi connectivity index (χ0) is 15.5. The summed E-state index contributed by atoms with van der Waals surface area (Å²) in [6.07, 6.45) is -0.00402. The van der Waals surface area contributed by atoms with Gasteiger partial charge < -0.3 is 5.32 Å². The van der Waals surface area contributed by atoms with Gasteiger partial charge in [0.25, 0.3) is 11.8 Å². The highest BCUT2D eigenvalue weighted by atomic mass is 19.1. The number of para-hydroxylation sites is 1. The maximum Gasteiger partial charge on any atom is 0.256 e. The van der Waals surface area contributed by atoms with E-state index in [0.717, 1.165) is 6.07 Å². The molecule has 1 aliphatic heterocycles. The largest absolute Gasteiger partial charge is 0.308 e. The van der Waals surface area contributed by atoms with Crippen molar-refractivity contribution in [2.24, 2.45) is 5.10 Å². The Kier molecular flexibility index (Phi) is 3.65. The van der Waals surface area contributed by atoms with Crippen molar-refractivity contribution < 1.29 is 14.0 Å². The third-order valence-electron chi connectivity index (χ3n) is 3.12. The van der Waals surface area contributed by atoms with Crippen LogP contribution in [0.1, 0.15) is 16.8 Å². The topological polar surface area (TPSA) is 61.8 Å². The van der Waals surface area contributed by atoms with Gasteiger partial charge in [0.1, 0.15) is 11.7 Å². The van der Waals surface area contributed by atoms with Gasteiger partial charge in [0.05, 0.1) is 12.1 Å². The van der Waals surface area contributed by atoms with E-state index in [1.54, 1.807) is 24.3 Å². The molecule has 0 spiro atoms. The van der Waals surface area contributed by atoms with Gasteiger partial charge in [0, 0.05) is 5.56 Å². The molecule has 6 heteroatoms. The molecular weight excluding hydrogens is 285 g/mol. The number of nitrogens with one attached hydrogen (secondary N) is 1. The maximum atomic E-state index is 13.1. The number of amides is 2. The Hall–Kier alpha value is -3.02. The van der Waals surface area contributed by atoms with Crippen molar-refractivity contribution in [3.05, 3.63) is 66.0 Å². The Morgan fingerprint density at radius 3 is 2.64 bits per heavy atom. The van der Waals surface area contributed by atoms with Gasteiger partial charge in [-0.1, -0.05) is 24.3 Å². The van der Waals surface area contributed by atoms with Crippen LogP contribution in [0.3, 0.4) is 0 Å². The Morgan fingerprint density at radius 1 is 1.14 bits per heavy atom. The first-order valence-corrected chi connectivity index (χ1v) is 6.66. The normalized spacial score (nSPS) is 14.0. The third-order valence-corrected chi connectivity index (χ3v) is 3.12. The molecule has 1 aliphatic rings. The van der Waals surface area contributed by atoms with Gasteiger partial charge in [-0.2, -0.15) is 10.1 Å². The molecule has 0 fully saturated rings. The van der Waals surface area contributed by atoms with Crippen LogP contribution >= 0.6 is 0 Å². The molecule has 5 nitrogen and oxygen atoms in total. The molecule has 1 N–H and O–H groups in total. The van der Waals surface area contributed by atoms with E-state index in [1.807, 2.05) is 6.07 Å². The van der Waals surface area contributed by atoms with Gasteiger partial charge in [-0.3, -0.25) is 9.59 Å². The molecule has 2 aromatic carbocycles. The number of benzene rings is 2. The van der Waals surface area contributed by atoms with Crippen LogP contribution in [0.5, 0.6) is 0 Å². The first kappa shape index (κ1) is 13.9. The summed E-state index contributed by atoms with van der Waals surface area (Å²) >= 11 is 0. The molecule has 0 saturated carbocycles. The molecule has 2 aromatic rings. The SMILES string of the molecule is O=C(NC1=NN(c2ccccc2)C(=O)C1)c1cccc(F)c1. The van der Waals surface area contributed by atoms with Crippen molar-refractivity contribution in [2.75, 3.05) is 5.01 Å². The van der Waals surface area contributed by atoms with E-state index in [1.165, 1.54) is 23.2 Å². The van der Waals surface area contributed by atoms with E-state index in [9.17, 15) is 14.0 Å². The fourth-order valence-corrected chi connectivity index (χ4v) is 2.10. The maximum absolute atomic E-state index is 13.1. The van der Waals surface area contributed by atoms with Crippen molar-refractivity contribution >= 4 is 23.3 Å². The van der Waals surface area contributed by atoms with Crippen LogP contribution in [0.25, 0.3) is 0 Å². The minimum atomic E-state index is -0.499. The predicted octanol–water partition coefficient (Wildman–Crippen LogP) is 2.31. The smallest absolute Gasteiger partial charge is 0.256 e. The van der Waals surface area contributed by atoms with Gasteiger partial charge in [0.15, 0.2) is 0 Å². The number of carbonyl (C=O) groups excluding carboxylic acids is 2. The highest BCUT2D eigenvalue weighted by Crippen LogP contribution is 2.19. The van der Waals surface area contributed by atoms with Crippen molar-refractivity contribution in [2.45, 2.75) is 6.42 Å². The highest BCUT2D eigenvalue weighted by molar-refractivity contribution is 6.17. The molecule has 0 radical (unpaired) electrons. The van der Waals surface area contributed by atoms with E-state index in [0.29, 0.717) is 5.69 Å². The molecule has 2 amide bonds. The van der Waals surface area contributed by atoms with E-state index in [-0.39, 0.29) is 23.7 Å². The highest BCUT2D eigenvalue weighted by Gasteiger charge is 2.26. The molecule has 0 atom stereocenters. The first-order valence-electron chi connectivity index (χ1n) is 6.66. The lowest BCUT2D eigenvalue weighted by atomic mass is 10.2. The average molecular weight is 297 g/mol. The van der Waals surface area contributed by atoms with E-state index in [4.69, 9.17) is 0 Å². The molecule has 22 heavy (non-hydrogen) atoms. The summed E-state index contributed by atoms with van der Waals surface area (Å²) < 4.78 is 13.1. The number of hydrazone groups is 1. The lowest BCUT2D eigenvalue weighted by Crippen LogP contribution is -2.29. The molecule has 0 bridgehead atoms. The number of hydrogen-bond acceptors (Lipinski definition) is 3. The molecule has 0 saturated heterocycles. The van der Waals surface area contributed by atoms with Gasteiger partial charge in [-0.25, -0.2) is 4.39 Å². The fraction of sp³-hybridized carbons (Fsp3) is 0.0625. The second-order valence-electron chi connectivity index (χ2n) is 4.73. The van der Waals surface area contributed by atoms with Crippen molar-refractivity contribution in [3.8, 4) is 0 Å². The quantitative estimate of drug-likeness (QED) is 0.924. The molecule has 3 rings (SSSR count). The summed E-state index contributed by atoms with van der Waals surface area (Å²) in [6.45, 7) is 0. The van der Waals surface area contributed by atoms with Crippen molar-refractivity contribution in [1.29, 1.82) is 0 Å². The zero-order valence-electron chi connectivity index (χ0n) is 11.5. The molecular formula is C16H12FN3O2. The minimum absolute atomic E-state index is 0.00402. The zero-order valence-corrected chi connectivity index (χ0v) is 11.5. The summed E-state index contributed by atoms with van der Waals surface area (Å²) in [6, 6.07) is 14.2. The standard InChI is InChI=1S/C16H12FN3O2/c17-12-6-4-5-11(9-12)16(22)18-14-10-15(21)20(19-14)13-7-2-1-3-8-13/h1-9H,10H2,(H,18,19,22). The number of carbonyl (C=O) groups is 2. The van der Waals surface area contributed by atoms with Crippen LogP contribution < -0.4 is 10.3 Å². The van der Waals surface area contributed by atoms with Crippen LogP contribution in [-0.2, 0) is 4.79 Å². The van der Waals surface area contributed by atoms with E-state index >= 15 is 0 Å². The number of halogens is 1. The Morgan fingerprint density at radius 2 is 1.91 bits per heavy atom. The van der Waals surface area contributed by atoms with Crippen LogP contribution in [0.2, 0.25) is 0 Å². The lowest BCUT2D eigenvalue weighted by Gasteiger charge is -2.10. The number of nitrogens with zero attached hydrogens (tertiary/aromatic N) is 2. The van der Waals surface area contributed by atoms with Gasteiger partial charge in [-0.05, 0) is 30.3 Å². The lowest BCUT2D eigenvalue weighted by molar-refractivity contribution is -0.116. The predicted molar refractivity (Wildman–Crippen MR) is 79.8 cm³/mol. The summed E-state index contributed by atoms with van der Waals surface area (Å²) in [5, 5.41) is 7.87. The Balaban J connectivity index is 1.76. The fourth-order valence-electron chi connectivity index (χ4n) is 2.10. The van der Waals surface area contributed by atoms with E-state index < -0.39 is 11.7 Å². The molecule has 0 aliphatic carbocycles. The number of anilines is 1. The summed E-state index contributed by atoms with van der Waals surface area (Å²) in [4.78, 5) is 24.0. The second-order valence-corrected chi connectivity index (χ2v) is 4.73. The summed E-state index contributed by atoms with van der Waals surface area (Å²) in [5.74, 6) is -0.993. The van der Waals surface area contributed by atoms with Gasteiger partial charge in [0.2, 0.25) is 0 Å². The minimum Gasteiger partial charge on any atom is -0.308 e. The number of rotatable bonds is 2. The molecule has 0 aromatic heterocycles. The number of hydrogen-bond donors (Lipinski definition) is 1. The van der Waals surface area contributed by atoms with Crippen molar-refractivity contribution in [1.82, 2.24) is 5.32 Å². The summed E-state index contributed by atoms with van der Waals surface area (Å²) in [7, 11) is 0. The second kappa shape index (κ2) is 5.77. The average Bonchev–Trinajstić information content (AvgIpc) is 2.88. The van der Waals surface area contributed by atoms with Crippen LogP contribution in [0.4, 0.5) is 10.1 Å². The first-order chi connectivity index (χ1) is 10.6. The number of amidine groups is 1. The monoisotopic (exact) mass is 297 g/mol. The van der Waals surface area contributed by atoms with E-state index in [2.05, 4.69) is 10.4 Å². The van der Waals surface area contributed by atoms with Crippen LogP contribution in [-0.4, -0.2) is 17.6 Å². The van der Waals surface area contributed by atoms with Gasteiger partial charge in [-0.15, -0.1) is 0 Å². The molecule has 1 heterocycles. The third kappa shape index (κ3) is 2.85. The van der Waals surface area contributed by atoms with Crippen LogP contribution in [0, 0.1) is 5.82 Å². The Labute approximate surface area is 126 Å². The van der Waals surface area contributed by atoms with Gasteiger partial charge >= 0.3 is 0 Å². The van der Waals surface area contributed by atoms with Crippen molar-refractivity contribution in [3.63, 3.8) is 0 Å². The summed E-state index contributed by atoms with van der Waals surface area (Å²) in [5.41, 5.74) is 0.802. The van der Waals surface area contributed by atoms with Crippen LogP contribution in [0.15, 0.2) is 59.7 Å².